The van der Waals surface area contributed by atoms with Crippen LogP contribution in [0.15, 0.2) is 24.3 Å². The van der Waals surface area contributed by atoms with Crippen LogP contribution in [0.3, 0.4) is 0 Å². The number of benzene rings is 1. The van der Waals surface area contributed by atoms with Crippen LogP contribution in [-0.2, 0) is 4.79 Å². The molecule has 6 heteroatoms. The molecule has 1 amide bonds. The third-order valence-electron chi connectivity index (χ3n) is 4.25. The van der Waals surface area contributed by atoms with Gasteiger partial charge in [0.25, 0.3) is 0 Å². The minimum absolute atomic E-state index is 0.0275. The van der Waals surface area contributed by atoms with Gasteiger partial charge in [0.15, 0.2) is 0 Å². The second-order valence-electron chi connectivity index (χ2n) is 5.69. The van der Waals surface area contributed by atoms with Gasteiger partial charge in [-0.15, -0.1) is 0 Å². The highest BCUT2D eigenvalue weighted by molar-refractivity contribution is 5.84. The number of hydrogen-bond donors (Lipinski definition) is 0. The van der Waals surface area contributed by atoms with Crippen molar-refractivity contribution < 1.29 is 4.79 Å². The summed E-state index contributed by atoms with van der Waals surface area (Å²) >= 11 is 0. The van der Waals surface area contributed by atoms with Crippen LogP contribution in [0.25, 0.3) is 0 Å². The second kappa shape index (κ2) is 8.79. The van der Waals surface area contributed by atoms with Gasteiger partial charge in [0.2, 0.25) is 5.91 Å². The number of fused-ring (bicyclic) bond motifs is 1. The Hall–Kier alpha value is -2.73. The molecule has 1 aromatic rings. The summed E-state index contributed by atoms with van der Waals surface area (Å²) in [7, 11) is 0. The van der Waals surface area contributed by atoms with E-state index >= 15 is 0 Å². The molecule has 0 fully saturated rings. The highest BCUT2D eigenvalue weighted by Crippen LogP contribution is 2.32. The molecule has 2 rings (SSSR count). The van der Waals surface area contributed by atoms with E-state index in [2.05, 4.69) is 34.9 Å². The normalized spacial score (nSPS) is 13.0. The molecule has 0 aromatic heterocycles. The van der Waals surface area contributed by atoms with E-state index in [9.17, 15) is 4.79 Å². The minimum Gasteiger partial charge on any atom is -0.368 e. The van der Waals surface area contributed by atoms with Crippen LogP contribution in [0.4, 0.5) is 11.4 Å². The van der Waals surface area contributed by atoms with Crippen LogP contribution in [0, 0.1) is 22.7 Å². The van der Waals surface area contributed by atoms with Gasteiger partial charge in [-0.1, -0.05) is 12.1 Å². The maximum absolute atomic E-state index is 12.6. The Balaban J connectivity index is 2.10. The van der Waals surface area contributed by atoms with E-state index in [-0.39, 0.29) is 25.3 Å². The molecule has 0 spiro atoms. The summed E-state index contributed by atoms with van der Waals surface area (Å²) in [6, 6.07) is 12.3. The molecule has 1 aliphatic heterocycles. The molecule has 0 aliphatic carbocycles. The van der Waals surface area contributed by atoms with Crippen LogP contribution in [0.5, 0.6) is 0 Å². The summed E-state index contributed by atoms with van der Waals surface area (Å²) in [5.41, 5.74) is 2.22. The molecule has 0 radical (unpaired) electrons. The standard InChI is InChI=1S/C18H23N5O/c1-2-21-13-14-23(17-8-4-3-7-16(17)21)15-18(24)22(11-5-9-19)12-6-10-20/h3-4,7-8H,2,5-6,11-15H2,1H3. The lowest BCUT2D eigenvalue weighted by Crippen LogP contribution is -2.47. The summed E-state index contributed by atoms with van der Waals surface area (Å²) in [6.45, 7) is 5.79. The Morgan fingerprint density at radius 3 is 2.17 bits per heavy atom. The highest BCUT2D eigenvalue weighted by atomic mass is 16.2. The zero-order valence-corrected chi connectivity index (χ0v) is 14.1. The van der Waals surface area contributed by atoms with E-state index in [1.165, 1.54) is 0 Å². The highest BCUT2D eigenvalue weighted by Gasteiger charge is 2.24. The number of rotatable bonds is 7. The smallest absolute Gasteiger partial charge is 0.242 e. The van der Waals surface area contributed by atoms with Crippen LogP contribution in [0.2, 0.25) is 0 Å². The summed E-state index contributed by atoms with van der Waals surface area (Å²) in [6.07, 6.45) is 0.578. The molecule has 0 saturated carbocycles. The Morgan fingerprint density at radius 1 is 1.08 bits per heavy atom. The number of nitrogens with zero attached hydrogens (tertiary/aromatic N) is 5. The molecule has 0 bridgehead atoms. The third-order valence-corrected chi connectivity index (χ3v) is 4.25. The van der Waals surface area contributed by atoms with Crippen molar-refractivity contribution in [2.45, 2.75) is 19.8 Å². The van der Waals surface area contributed by atoms with Crippen molar-refractivity contribution in [1.29, 1.82) is 10.5 Å². The maximum atomic E-state index is 12.6. The van der Waals surface area contributed by atoms with Crippen LogP contribution >= 0.6 is 0 Å². The van der Waals surface area contributed by atoms with E-state index in [0.717, 1.165) is 31.0 Å². The van der Waals surface area contributed by atoms with Gasteiger partial charge < -0.3 is 14.7 Å². The predicted octanol–water partition coefficient (Wildman–Crippen LogP) is 1.99. The third kappa shape index (κ3) is 4.17. The maximum Gasteiger partial charge on any atom is 0.242 e. The number of likely N-dealkylation sites (N-methyl/N-ethyl adjacent to an activating group) is 1. The first kappa shape index (κ1) is 17.6. The fourth-order valence-corrected chi connectivity index (χ4v) is 2.97. The van der Waals surface area contributed by atoms with Crippen LogP contribution in [0.1, 0.15) is 19.8 Å². The van der Waals surface area contributed by atoms with Crippen molar-refractivity contribution in [1.82, 2.24) is 4.90 Å². The van der Waals surface area contributed by atoms with Gasteiger partial charge in [0, 0.05) is 32.7 Å². The zero-order chi connectivity index (χ0) is 17.4. The van der Waals surface area contributed by atoms with Crippen molar-refractivity contribution in [3.05, 3.63) is 24.3 Å². The van der Waals surface area contributed by atoms with Gasteiger partial charge in [-0.05, 0) is 19.1 Å². The number of amides is 1. The van der Waals surface area contributed by atoms with E-state index in [1.54, 1.807) is 4.90 Å². The molecule has 126 valence electrons. The average Bonchev–Trinajstić information content (AvgIpc) is 2.62. The first-order valence-electron chi connectivity index (χ1n) is 8.31. The molecule has 1 heterocycles. The Morgan fingerprint density at radius 2 is 1.62 bits per heavy atom. The zero-order valence-electron chi connectivity index (χ0n) is 14.1. The SMILES string of the molecule is CCN1CCN(CC(=O)N(CCC#N)CCC#N)c2ccccc21. The lowest BCUT2D eigenvalue weighted by Gasteiger charge is -2.38. The molecule has 1 aliphatic rings. The van der Waals surface area contributed by atoms with E-state index in [0.29, 0.717) is 13.1 Å². The molecular formula is C18H23N5O. The number of carbonyl (C=O) groups excluding carboxylic acids is 1. The Bertz CT molecular complexity index is 628. The summed E-state index contributed by atoms with van der Waals surface area (Å²) < 4.78 is 0. The average molecular weight is 325 g/mol. The first-order chi connectivity index (χ1) is 11.7. The summed E-state index contributed by atoms with van der Waals surface area (Å²) in [5.74, 6) is -0.0275. The molecule has 6 nitrogen and oxygen atoms in total. The largest absolute Gasteiger partial charge is 0.368 e. The van der Waals surface area contributed by atoms with Crippen molar-refractivity contribution in [2.24, 2.45) is 0 Å². The van der Waals surface area contributed by atoms with Gasteiger partial charge in [-0.2, -0.15) is 10.5 Å². The Labute approximate surface area is 143 Å². The molecule has 1 aromatic carbocycles. The van der Waals surface area contributed by atoms with Gasteiger partial charge >= 0.3 is 0 Å². The molecule has 0 atom stereocenters. The summed E-state index contributed by atoms with van der Waals surface area (Å²) in [5, 5.41) is 17.5. The number of nitriles is 2. The molecule has 0 saturated heterocycles. The second-order valence-corrected chi connectivity index (χ2v) is 5.69. The monoisotopic (exact) mass is 325 g/mol. The van der Waals surface area contributed by atoms with Crippen molar-refractivity contribution in [3.8, 4) is 12.1 Å². The van der Waals surface area contributed by atoms with Gasteiger partial charge in [0.1, 0.15) is 0 Å². The first-order valence-corrected chi connectivity index (χ1v) is 8.31. The molecule has 24 heavy (non-hydrogen) atoms. The lowest BCUT2D eigenvalue weighted by atomic mass is 10.1. The van der Waals surface area contributed by atoms with Gasteiger partial charge in [0.05, 0.1) is 42.9 Å². The quantitative estimate of drug-likeness (QED) is 0.766. The number of hydrogen-bond acceptors (Lipinski definition) is 5. The number of carbonyl (C=O) groups is 1. The molecule has 0 N–H and O–H groups in total. The van der Waals surface area contributed by atoms with Crippen molar-refractivity contribution >= 4 is 17.3 Å². The van der Waals surface area contributed by atoms with E-state index in [1.807, 2.05) is 18.2 Å². The predicted molar refractivity (Wildman–Crippen MR) is 93.6 cm³/mol. The lowest BCUT2D eigenvalue weighted by molar-refractivity contribution is -0.129. The fraction of sp³-hybridized carbons (Fsp3) is 0.500. The molecule has 0 unspecified atom stereocenters. The topological polar surface area (TPSA) is 74.4 Å². The van der Waals surface area contributed by atoms with Crippen LogP contribution in [-0.4, -0.2) is 50.1 Å². The number of anilines is 2. The van der Waals surface area contributed by atoms with Gasteiger partial charge in [-0.25, -0.2) is 0 Å². The Kier molecular flexibility index (Phi) is 6.45. The van der Waals surface area contributed by atoms with Crippen LogP contribution < -0.4 is 9.80 Å². The fourth-order valence-electron chi connectivity index (χ4n) is 2.97. The van der Waals surface area contributed by atoms with Gasteiger partial charge in [-0.3, -0.25) is 4.79 Å². The minimum atomic E-state index is -0.0275. The summed E-state index contributed by atoms with van der Waals surface area (Å²) in [4.78, 5) is 18.7. The van der Waals surface area contributed by atoms with E-state index < -0.39 is 0 Å². The van der Waals surface area contributed by atoms with E-state index in [4.69, 9.17) is 10.5 Å². The molecular weight excluding hydrogens is 302 g/mol. The van der Waals surface area contributed by atoms with Crippen molar-refractivity contribution in [3.63, 3.8) is 0 Å². The van der Waals surface area contributed by atoms with Crippen molar-refractivity contribution in [2.75, 3.05) is 49.1 Å². The number of para-hydroxylation sites is 2.